The first-order chi connectivity index (χ1) is 10.2. The van der Waals surface area contributed by atoms with E-state index in [0.29, 0.717) is 9.13 Å². The highest BCUT2D eigenvalue weighted by Crippen LogP contribution is 2.37. The van der Waals surface area contributed by atoms with Crippen molar-refractivity contribution >= 4 is 44.6 Å². The van der Waals surface area contributed by atoms with Crippen LogP contribution in [-0.2, 0) is 30.9 Å². The minimum Gasteiger partial charge on any atom is -0.465 e. The number of rotatable bonds is 4. The zero-order chi connectivity index (χ0) is 16.5. The van der Waals surface area contributed by atoms with Crippen molar-refractivity contribution in [3.63, 3.8) is 0 Å². The van der Waals surface area contributed by atoms with Gasteiger partial charge in [-0.2, -0.15) is 8.42 Å². The van der Waals surface area contributed by atoms with E-state index in [-0.39, 0.29) is 24.5 Å². The van der Waals surface area contributed by atoms with Gasteiger partial charge in [-0.25, -0.2) is 0 Å². The van der Waals surface area contributed by atoms with E-state index < -0.39 is 28.0 Å². The van der Waals surface area contributed by atoms with Gasteiger partial charge in [-0.1, -0.05) is 0 Å². The molecule has 1 aromatic carbocycles. The first kappa shape index (κ1) is 17.0. The fourth-order valence-corrected chi connectivity index (χ4v) is 3.38. The van der Waals surface area contributed by atoms with Crippen LogP contribution in [0.1, 0.15) is 12.5 Å². The molecule has 0 bridgehead atoms. The van der Waals surface area contributed by atoms with Crippen LogP contribution in [0, 0.1) is 9.49 Å². The summed E-state index contributed by atoms with van der Waals surface area (Å²) in [5, 5.41) is 0. The smallest absolute Gasteiger partial charge is 0.326 e. The van der Waals surface area contributed by atoms with Gasteiger partial charge >= 0.3 is 22.1 Å². The quantitative estimate of drug-likeness (QED) is 0.229. The molecule has 1 unspecified atom stereocenters. The van der Waals surface area contributed by atoms with E-state index in [1.54, 1.807) is 6.92 Å². The van der Waals surface area contributed by atoms with E-state index in [1.807, 2.05) is 22.6 Å². The average molecular weight is 440 g/mol. The van der Waals surface area contributed by atoms with Gasteiger partial charge in [0.1, 0.15) is 5.75 Å². The number of hydrogen-bond donors (Lipinski definition) is 0. The van der Waals surface area contributed by atoms with Gasteiger partial charge in [0.2, 0.25) is 0 Å². The maximum Gasteiger partial charge on any atom is 0.326 e. The molecule has 0 amide bonds. The number of esters is 2. The number of benzene rings is 1. The van der Waals surface area contributed by atoms with Crippen LogP contribution < -0.4 is 8.92 Å². The van der Waals surface area contributed by atoms with Crippen LogP contribution in [0.4, 0.5) is 0 Å². The molecule has 0 saturated heterocycles. The van der Waals surface area contributed by atoms with Gasteiger partial charge in [-0.3, -0.25) is 9.59 Å². The normalized spacial score (nSPS) is 17.4. The Morgan fingerprint density at radius 1 is 1.45 bits per heavy atom. The van der Waals surface area contributed by atoms with Gasteiger partial charge in [-0.05, 0) is 41.6 Å². The summed E-state index contributed by atoms with van der Waals surface area (Å²) < 4.78 is 37.8. The van der Waals surface area contributed by atoms with E-state index in [9.17, 15) is 18.0 Å². The molecule has 7 nitrogen and oxygen atoms in total. The summed E-state index contributed by atoms with van der Waals surface area (Å²) in [5.74, 6) is -1.99. The lowest BCUT2D eigenvalue weighted by atomic mass is 9.96. The Balaban J connectivity index is 2.37. The monoisotopic (exact) mass is 440 g/mol. The molecular weight excluding hydrogens is 427 g/mol. The number of fused-ring (bicyclic) bond motifs is 1. The summed E-state index contributed by atoms with van der Waals surface area (Å²) in [5.41, 5.74) is 0.541. The van der Waals surface area contributed by atoms with Crippen LogP contribution in [0.25, 0.3) is 0 Å². The molecule has 1 heterocycles. The minimum atomic E-state index is -3.68. The molecule has 22 heavy (non-hydrogen) atoms. The van der Waals surface area contributed by atoms with E-state index in [4.69, 9.17) is 13.7 Å². The van der Waals surface area contributed by atoms with Gasteiger partial charge < -0.3 is 13.7 Å². The summed E-state index contributed by atoms with van der Waals surface area (Å²) in [6, 6.07) is 2.84. The lowest BCUT2D eigenvalue weighted by Gasteiger charge is -2.23. The lowest BCUT2D eigenvalue weighted by molar-refractivity contribution is -0.157. The number of hydrogen-bond acceptors (Lipinski definition) is 7. The fourth-order valence-electron chi connectivity index (χ4n) is 1.98. The zero-order valence-corrected chi connectivity index (χ0v) is 14.8. The van der Waals surface area contributed by atoms with Crippen molar-refractivity contribution in [2.45, 2.75) is 13.3 Å². The summed E-state index contributed by atoms with van der Waals surface area (Å²) >= 11 is 1.89. The molecule has 1 aromatic rings. The molecule has 1 aliphatic heterocycles. The second-order valence-electron chi connectivity index (χ2n) is 4.57. The van der Waals surface area contributed by atoms with Crippen molar-refractivity contribution in [3.05, 3.63) is 21.3 Å². The third kappa shape index (κ3) is 3.69. The summed E-state index contributed by atoms with van der Waals surface area (Å²) in [4.78, 5) is 23.6. The predicted molar refractivity (Wildman–Crippen MR) is 84.1 cm³/mol. The molecular formula is C13H13IO7S. The zero-order valence-electron chi connectivity index (χ0n) is 11.8. The number of carbonyl (C=O) groups excluding carboxylic acids is 2. The Kier molecular flexibility index (Phi) is 4.95. The molecule has 1 atom stereocenters. The summed E-state index contributed by atoms with van der Waals surface area (Å²) in [7, 11) is -3.68. The third-order valence-electron chi connectivity index (χ3n) is 2.88. The van der Waals surface area contributed by atoms with E-state index in [0.717, 1.165) is 6.26 Å². The van der Waals surface area contributed by atoms with Crippen molar-refractivity contribution < 1.29 is 31.7 Å². The molecule has 120 valence electrons. The Labute approximate surface area is 141 Å². The number of halogens is 1. The summed E-state index contributed by atoms with van der Waals surface area (Å²) in [6.45, 7) is 1.80. The van der Waals surface area contributed by atoms with Crippen LogP contribution >= 0.6 is 22.6 Å². The van der Waals surface area contributed by atoms with Crippen LogP contribution in [0.2, 0.25) is 0 Å². The van der Waals surface area contributed by atoms with Gasteiger partial charge in [0.05, 0.1) is 16.4 Å². The Morgan fingerprint density at radius 3 is 2.73 bits per heavy atom. The van der Waals surface area contributed by atoms with Crippen LogP contribution in [0.15, 0.2) is 12.1 Å². The first-order valence-electron chi connectivity index (χ1n) is 6.32. The molecule has 0 N–H and O–H groups in total. The Morgan fingerprint density at radius 2 is 2.14 bits per heavy atom. The maximum atomic E-state index is 11.8. The standard InChI is InChI=1S/C13H13IO7S/c1-3-19-12(15)8-6-7-9(20-13(8)16)4-5-10(11(7)14)21-22(2,17)18/h4-5,8H,3,6H2,1-2H3. The fraction of sp³-hybridized carbons (Fsp3) is 0.385. The predicted octanol–water partition coefficient (Wildman–Crippen LogP) is 1.27. The van der Waals surface area contributed by atoms with Gasteiger partial charge in [0.15, 0.2) is 11.7 Å². The molecule has 0 radical (unpaired) electrons. The highest BCUT2D eigenvalue weighted by Gasteiger charge is 2.37. The molecule has 0 fully saturated rings. The number of carbonyl (C=O) groups is 2. The van der Waals surface area contributed by atoms with Crippen molar-refractivity contribution in [2.24, 2.45) is 5.92 Å². The minimum absolute atomic E-state index is 0.0756. The summed E-state index contributed by atoms with van der Waals surface area (Å²) in [6.07, 6.45) is 1.01. The van der Waals surface area contributed by atoms with Crippen LogP contribution in [0.3, 0.4) is 0 Å². The SMILES string of the molecule is CCOC(=O)C1Cc2c(ccc(OS(C)(=O)=O)c2I)OC1=O. The Bertz CT molecular complexity index is 726. The van der Waals surface area contributed by atoms with Crippen molar-refractivity contribution in [2.75, 3.05) is 12.9 Å². The molecule has 1 aliphatic rings. The molecule has 0 spiro atoms. The molecule has 0 saturated carbocycles. The average Bonchev–Trinajstić information content (AvgIpc) is 2.40. The third-order valence-corrected chi connectivity index (χ3v) is 4.55. The van der Waals surface area contributed by atoms with Crippen molar-refractivity contribution in [1.29, 1.82) is 0 Å². The highest BCUT2D eigenvalue weighted by molar-refractivity contribution is 14.1. The van der Waals surface area contributed by atoms with E-state index in [1.165, 1.54) is 12.1 Å². The second kappa shape index (κ2) is 6.41. The number of ether oxygens (including phenoxy) is 2. The maximum absolute atomic E-state index is 11.8. The first-order valence-corrected chi connectivity index (χ1v) is 9.21. The van der Waals surface area contributed by atoms with Crippen LogP contribution in [-0.4, -0.2) is 33.2 Å². The van der Waals surface area contributed by atoms with Crippen molar-refractivity contribution in [3.8, 4) is 11.5 Å². The van der Waals surface area contributed by atoms with Gasteiger partial charge in [-0.15, -0.1) is 0 Å². The molecule has 9 heteroatoms. The Hall–Kier alpha value is -1.36. The van der Waals surface area contributed by atoms with Crippen molar-refractivity contribution in [1.82, 2.24) is 0 Å². The molecule has 0 aromatic heterocycles. The van der Waals surface area contributed by atoms with Gasteiger partial charge in [0.25, 0.3) is 0 Å². The highest BCUT2D eigenvalue weighted by atomic mass is 127. The topological polar surface area (TPSA) is 96.0 Å². The second-order valence-corrected chi connectivity index (χ2v) is 7.23. The molecule has 2 rings (SSSR count). The van der Waals surface area contributed by atoms with E-state index >= 15 is 0 Å². The lowest BCUT2D eigenvalue weighted by Crippen LogP contribution is -2.35. The molecule has 0 aliphatic carbocycles. The largest absolute Gasteiger partial charge is 0.465 e. The van der Waals surface area contributed by atoms with Gasteiger partial charge in [0, 0.05) is 12.0 Å². The van der Waals surface area contributed by atoms with E-state index in [2.05, 4.69) is 0 Å². The van der Waals surface area contributed by atoms with Crippen LogP contribution in [0.5, 0.6) is 11.5 Å².